The van der Waals surface area contributed by atoms with Crippen LogP contribution in [0.2, 0.25) is 0 Å². The van der Waals surface area contributed by atoms with Crippen LogP contribution in [0.5, 0.6) is 0 Å². The molecule has 0 aromatic heterocycles. The lowest BCUT2D eigenvalue weighted by molar-refractivity contribution is 0.415. The first-order valence-corrected chi connectivity index (χ1v) is 4.84. The third kappa shape index (κ3) is 1.61. The Morgan fingerprint density at radius 3 is 2.71 bits per heavy atom. The minimum Gasteiger partial charge on any atom is -0.423 e. The van der Waals surface area contributed by atoms with Crippen molar-refractivity contribution >= 4 is 13.2 Å². The molecule has 0 aliphatic heterocycles. The predicted molar refractivity (Wildman–Crippen MR) is 57.6 cm³/mol. The zero-order valence-corrected chi connectivity index (χ0v) is 8.14. The molecule has 0 fully saturated rings. The van der Waals surface area contributed by atoms with E-state index in [9.17, 15) is 0 Å². The van der Waals surface area contributed by atoms with Crippen molar-refractivity contribution in [2.75, 3.05) is 0 Å². The monoisotopic (exact) mass is 188 g/mol. The number of rotatable bonds is 1. The van der Waals surface area contributed by atoms with E-state index >= 15 is 0 Å². The first kappa shape index (κ1) is 9.50. The molecule has 1 aliphatic carbocycles. The van der Waals surface area contributed by atoms with E-state index in [1.165, 1.54) is 5.56 Å². The third-order valence-corrected chi connectivity index (χ3v) is 2.74. The minimum atomic E-state index is -1.31. The Balaban J connectivity index is 2.45. The highest BCUT2D eigenvalue weighted by molar-refractivity contribution is 6.52. The molecule has 1 atom stereocenters. The van der Waals surface area contributed by atoms with Crippen LogP contribution >= 0.6 is 0 Å². The third-order valence-electron chi connectivity index (χ3n) is 2.74. The van der Waals surface area contributed by atoms with Gasteiger partial charge in [0.15, 0.2) is 0 Å². The van der Waals surface area contributed by atoms with E-state index in [2.05, 4.69) is 13.0 Å². The number of fused-ring (bicyclic) bond motifs is 1. The van der Waals surface area contributed by atoms with Gasteiger partial charge in [0, 0.05) is 0 Å². The van der Waals surface area contributed by atoms with Gasteiger partial charge in [-0.15, -0.1) is 0 Å². The van der Waals surface area contributed by atoms with Gasteiger partial charge in [0.1, 0.15) is 0 Å². The lowest BCUT2D eigenvalue weighted by atomic mass is 9.69. The van der Waals surface area contributed by atoms with E-state index < -0.39 is 7.12 Å². The van der Waals surface area contributed by atoms with Crippen molar-refractivity contribution in [1.29, 1.82) is 0 Å². The number of hydrogen-bond acceptors (Lipinski definition) is 2. The highest BCUT2D eigenvalue weighted by Crippen LogP contribution is 2.33. The minimum absolute atomic E-state index is 0.369. The first-order valence-electron chi connectivity index (χ1n) is 4.84. The van der Waals surface area contributed by atoms with Crippen molar-refractivity contribution in [2.24, 2.45) is 0 Å². The molecule has 3 heteroatoms. The van der Waals surface area contributed by atoms with Crippen LogP contribution in [0.1, 0.15) is 30.4 Å². The van der Waals surface area contributed by atoms with E-state index in [1.807, 2.05) is 24.3 Å². The summed E-state index contributed by atoms with van der Waals surface area (Å²) in [6, 6.07) is 8.09. The van der Waals surface area contributed by atoms with Gasteiger partial charge < -0.3 is 10.0 Å². The van der Waals surface area contributed by atoms with Crippen LogP contribution in [0.25, 0.3) is 6.08 Å². The summed E-state index contributed by atoms with van der Waals surface area (Å²) in [6.07, 6.45) is 2.61. The fourth-order valence-electron chi connectivity index (χ4n) is 1.99. The normalized spacial score (nSPS) is 19.9. The van der Waals surface area contributed by atoms with E-state index in [4.69, 9.17) is 10.0 Å². The maximum atomic E-state index is 9.11. The zero-order valence-electron chi connectivity index (χ0n) is 8.14. The summed E-state index contributed by atoms with van der Waals surface area (Å²) in [5.41, 5.74) is 3.10. The molecule has 0 radical (unpaired) electrons. The van der Waals surface area contributed by atoms with Crippen molar-refractivity contribution in [3.8, 4) is 0 Å². The summed E-state index contributed by atoms with van der Waals surface area (Å²) in [5.74, 6) is 0.369. The van der Waals surface area contributed by atoms with E-state index in [0.29, 0.717) is 11.4 Å². The van der Waals surface area contributed by atoms with Crippen LogP contribution in [0, 0.1) is 0 Å². The molecule has 0 amide bonds. The first-order chi connectivity index (χ1) is 6.68. The SMILES string of the molecule is CC1CC(B(O)O)=Cc2ccccc21. The fourth-order valence-corrected chi connectivity index (χ4v) is 1.99. The Morgan fingerprint density at radius 1 is 1.29 bits per heavy atom. The van der Waals surface area contributed by atoms with Crippen molar-refractivity contribution in [1.82, 2.24) is 0 Å². The summed E-state index contributed by atoms with van der Waals surface area (Å²) >= 11 is 0. The average molecular weight is 188 g/mol. The summed E-state index contributed by atoms with van der Waals surface area (Å²) in [5, 5.41) is 18.2. The molecule has 0 spiro atoms. The fraction of sp³-hybridized carbons (Fsp3) is 0.273. The number of benzene rings is 1. The number of hydrogen-bond donors (Lipinski definition) is 2. The van der Waals surface area contributed by atoms with Crippen LogP contribution in [0.3, 0.4) is 0 Å². The summed E-state index contributed by atoms with van der Waals surface area (Å²) < 4.78 is 0. The summed E-state index contributed by atoms with van der Waals surface area (Å²) in [7, 11) is -1.31. The highest BCUT2D eigenvalue weighted by Gasteiger charge is 2.23. The second-order valence-electron chi connectivity index (χ2n) is 3.83. The van der Waals surface area contributed by atoms with Gasteiger partial charge in [0.2, 0.25) is 0 Å². The summed E-state index contributed by atoms with van der Waals surface area (Å²) in [6.45, 7) is 2.11. The van der Waals surface area contributed by atoms with Crippen LogP contribution in [-0.2, 0) is 0 Å². The van der Waals surface area contributed by atoms with Gasteiger partial charge in [-0.3, -0.25) is 0 Å². The molecular weight excluding hydrogens is 175 g/mol. The standard InChI is InChI=1S/C11H13BO2/c1-8-6-10(12(13)14)7-9-4-2-3-5-11(8)9/h2-5,7-8,13-14H,6H2,1H3. The molecule has 14 heavy (non-hydrogen) atoms. The number of allylic oxidation sites excluding steroid dienone is 1. The molecular formula is C11H13BO2. The molecule has 2 rings (SSSR count). The second kappa shape index (κ2) is 3.60. The summed E-state index contributed by atoms with van der Waals surface area (Å²) in [4.78, 5) is 0. The molecule has 1 unspecified atom stereocenters. The molecule has 72 valence electrons. The maximum Gasteiger partial charge on any atom is 0.484 e. The Morgan fingerprint density at radius 2 is 2.00 bits per heavy atom. The van der Waals surface area contributed by atoms with Crippen LogP contribution in [0.15, 0.2) is 29.7 Å². The van der Waals surface area contributed by atoms with Gasteiger partial charge in [0.05, 0.1) is 0 Å². The molecule has 0 heterocycles. The molecule has 1 aromatic rings. The Kier molecular flexibility index (Phi) is 2.44. The lowest BCUT2D eigenvalue weighted by Gasteiger charge is -2.22. The van der Waals surface area contributed by atoms with E-state index in [1.54, 1.807) is 0 Å². The molecule has 0 saturated heterocycles. The van der Waals surface area contributed by atoms with E-state index in [-0.39, 0.29) is 0 Å². The predicted octanol–water partition coefficient (Wildman–Crippen LogP) is 1.59. The van der Waals surface area contributed by atoms with Gasteiger partial charge in [-0.25, -0.2) is 0 Å². The maximum absolute atomic E-state index is 9.11. The Bertz CT molecular complexity index is 371. The largest absolute Gasteiger partial charge is 0.484 e. The Labute approximate surface area is 84.0 Å². The van der Waals surface area contributed by atoms with Gasteiger partial charge in [-0.1, -0.05) is 37.3 Å². The van der Waals surface area contributed by atoms with Crippen LogP contribution < -0.4 is 0 Å². The van der Waals surface area contributed by atoms with Crippen LogP contribution in [0.4, 0.5) is 0 Å². The molecule has 1 aliphatic rings. The topological polar surface area (TPSA) is 40.5 Å². The van der Waals surface area contributed by atoms with Crippen molar-refractivity contribution in [2.45, 2.75) is 19.3 Å². The average Bonchev–Trinajstić information content (AvgIpc) is 2.17. The van der Waals surface area contributed by atoms with Gasteiger partial charge in [0.25, 0.3) is 0 Å². The molecule has 0 bridgehead atoms. The Hall–Kier alpha value is -1.06. The molecule has 0 saturated carbocycles. The highest BCUT2D eigenvalue weighted by atomic mass is 16.4. The van der Waals surface area contributed by atoms with Gasteiger partial charge in [-0.05, 0) is 28.9 Å². The lowest BCUT2D eigenvalue weighted by Crippen LogP contribution is -2.19. The van der Waals surface area contributed by atoms with Gasteiger partial charge >= 0.3 is 7.12 Å². The van der Waals surface area contributed by atoms with Crippen LogP contribution in [-0.4, -0.2) is 17.2 Å². The molecule has 2 N–H and O–H groups in total. The quantitative estimate of drug-likeness (QED) is 0.657. The smallest absolute Gasteiger partial charge is 0.423 e. The van der Waals surface area contributed by atoms with E-state index in [0.717, 1.165) is 12.0 Å². The zero-order chi connectivity index (χ0) is 10.1. The molecule has 2 nitrogen and oxygen atoms in total. The van der Waals surface area contributed by atoms with Crippen molar-refractivity contribution in [3.05, 3.63) is 40.9 Å². The molecule has 1 aromatic carbocycles. The van der Waals surface area contributed by atoms with Crippen molar-refractivity contribution < 1.29 is 10.0 Å². The van der Waals surface area contributed by atoms with Crippen molar-refractivity contribution in [3.63, 3.8) is 0 Å². The van der Waals surface area contributed by atoms with Gasteiger partial charge in [-0.2, -0.15) is 0 Å². The second-order valence-corrected chi connectivity index (χ2v) is 3.83.